The molecule has 0 spiro atoms. The fraction of sp³-hybridized carbons (Fsp3) is 0.188. The van der Waals surface area contributed by atoms with Crippen molar-refractivity contribution in [2.24, 2.45) is 0 Å². The van der Waals surface area contributed by atoms with Gasteiger partial charge >= 0.3 is 0 Å². The molecule has 1 aromatic carbocycles. The second kappa shape index (κ2) is 5.38. The lowest BCUT2D eigenvalue weighted by Crippen LogP contribution is -2.42. The molecule has 5 nitrogen and oxygen atoms in total. The molecule has 110 valence electrons. The van der Waals surface area contributed by atoms with Crippen molar-refractivity contribution in [3.8, 4) is 0 Å². The first-order valence-corrected chi connectivity index (χ1v) is 7.96. The van der Waals surface area contributed by atoms with E-state index in [-0.39, 0.29) is 11.9 Å². The third kappa shape index (κ3) is 2.12. The average Bonchev–Trinajstić information content (AvgIpc) is 3.25. The maximum Gasteiger partial charge on any atom is 0.276 e. The van der Waals surface area contributed by atoms with E-state index in [0.29, 0.717) is 12.2 Å². The van der Waals surface area contributed by atoms with E-state index in [1.165, 1.54) is 11.5 Å². The Balaban J connectivity index is 1.79. The van der Waals surface area contributed by atoms with E-state index in [1.54, 1.807) is 5.38 Å². The summed E-state index contributed by atoms with van der Waals surface area (Å²) in [5, 5.41) is 5.64. The second-order valence-electron chi connectivity index (χ2n) is 5.23. The van der Waals surface area contributed by atoms with Gasteiger partial charge in [-0.2, -0.15) is 0 Å². The van der Waals surface area contributed by atoms with Gasteiger partial charge in [-0.3, -0.25) is 4.79 Å². The van der Waals surface area contributed by atoms with Crippen LogP contribution in [0, 0.1) is 0 Å². The quantitative estimate of drug-likeness (QED) is 0.731. The minimum atomic E-state index is -0.0841. The second-order valence-corrected chi connectivity index (χ2v) is 5.84. The van der Waals surface area contributed by atoms with Crippen molar-refractivity contribution in [3.05, 3.63) is 71.0 Å². The van der Waals surface area contributed by atoms with Crippen LogP contribution in [-0.2, 0) is 6.54 Å². The normalized spacial score (nSPS) is 17.3. The molecule has 1 amide bonds. The van der Waals surface area contributed by atoms with E-state index in [9.17, 15) is 4.79 Å². The van der Waals surface area contributed by atoms with Gasteiger partial charge < -0.3 is 9.47 Å². The Bertz CT molecular complexity index is 782. The molecule has 4 rings (SSSR count). The summed E-state index contributed by atoms with van der Waals surface area (Å²) in [6.07, 6.45) is 2.07. The molecule has 6 heteroatoms. The van der Waals surface area contributed by atoms with Crippen molar-refractivity contribution in [1.82, 2.24) is 19.1 Å². The summed E-state index contributed by atoms with van der Waals surface area (Å²) in [4.78, 5) is 14.7. The van der Waals surface area contributed by atoms with Gasteiger partial charge in [0, 0.05) is 30.4 Å². The van der Waals surface area contributed by atoms with Crippen LogP contribution in [0.5, 0.6) is 0 Å². The predicted molar refractivity (Wildman–Crippen MR) is 83.7 cm³/mol. The number of benzene rings is 1. The first kappa shape index (κ1) is 13.2. The molecule has 3 heterocycles. The summed E-state index contributed by atoms with van der Waals surface area (Å²) in [5.74, 6) is -0.0601. The van der Waals surface area contributed by atoms with Crippen LogP contribution in [0.15, 0.2) is 54.0 Å². The molecule has 1 atom stereocenters. The van der Waals surface area contributed by atoms with E-state index in [0.717, 1.165) is 17.8 Å². The van der Waals surface area contributed by atoms with Crippen LogP contribution in [0.4, 0.5) is 0 Å². The Kier molecular flexibility index (Phi) is 3.23. The molecule has 0 saturated heterocycles. The lowest BCUT2D eigenvalue weighted by Gasteiger charge is -2.37. The van der Waals surface area contributed by atoms with Crippen LogP contribution in [0.2, 0.25) is 0 Å². The molecular weight excluding hydrogens is 296 g/mol. The minimum Gasteiger partial charge on any atom is -0.348 e. The highest BCUT2D eigenvalue weighted by Gasteiger charge is 2.33. The summed E-state index contributed by atoms with van der Waals surface area (Å²) >= 11 is 1.20. The van der Waals surface area contributed by atoms with E-state index in [2.05, 4.69) is 38.5 Å². The summed E-state index contributed by atoms with van der Waals surface area (Å²) in [6, 6.07) is 14.1. The molecule has 0 saturated carbocycles. The zero-order valence-electron chi connectivity index (χ0n) is 11.8. The molecule has 1 aliphatic rings. The summed E-state index contributed by atoms with van der Waals surface area (Å²) < 4.78 is 6.02. The Morgan fingerprint density at radius 3 is 2.77 bits per heavy atom. The number of amides is 1. The molecule has 2 aromatic heterocycles. The van der Waals surface area contributed by atoms with Crippen molar-refractivity contribution in [2.75, 3.05) is 6.54 Å². The highest BCUT2D eigenvalue weighted by Crippen LogP contribution is 2.33. The molecule has 1 aliphatic heterocycles. The van der Waals surface area contributed by atoms with Gasteiger partial charge in [0.05, 0.1) is 6.04 Å². The van der Waals surface area contributed by atoms with E-state index >= 15 is 0 Å². The topological polar surface area (TPSA) is 51.0 Å². The third-order valence-electron chi connectivity index (χ3n) is 3.99. The first-order valence-electron chi connectivity index (χ1n) is 7.12. The van der Waals surface area contributed by atoms with Crippen molar-refractivity contribution in [1.29, 1.82) is 0 Å². The third-order valence-corrected chi connectivity index (χ3v) is 4.50. The lowest BCUT2D eigenvalue weighted by atomic mass is 9.99. The van der Waals surface area contributed by atoms with Crippen LogP contribution < -0.4 is 0 Å². The number of aromatic nitrogens is 3. The molecule has 0 fully saturated rings. The zero-order valence-corrected chi connectivity index (χ0v) is 12.6. The van der Waals surface area contributed by atoms with Gasteiger partial charge in [0.25, 0.3) is 5.91 Å². The molecule has 0 unspecified atom stereocenters. The van der Waals surface area contributed by atoms with Gasteiger partial charge in [0.1, 0.15) is 0 Å². The summed E-state index contributed by atoms with van der Waals surface area (Å²) in [6.45, 7) is 1.46. The molecule has 0 bridgehead atoms. The zero-order chi connectivity index (χ0) is 14.9. The van der Waals surface area contributed by atoms with E-state index in [1.807, 2.05) is 29.2 Å². The highest BCUT2D eigenvalue weighted by molar-refractivity contribution is 7.03. The Hall–Kier alpha value is -2.47. The van der Waals surface area contributed by atoms with Gasteiger partial charge in [-0.25, -0.2) is 0 Å². The van der Waals surface area contributed by atoms with Gasteiger partial charge in [-0.05, 0) is 29.2 Å². The standard InChI is InChI=1S/C16H14N4OS/c21-16(13-11-22-18-17-13)20-10-9-19-8-4-7-14(19)15(20)12-5-2-1-3-6-12/h1-8,11,15H,9-10H2/t15-/m1/s1. The number of fused-ring (bicyclic) bond motifs is 1. The van der Waals surface area contributed by atoms with Crippen molar-refractivity contribution < 1.29 is 4.79 Å². The first-order chi connectivity index (χ1) is 10.8. The summed E-state index contributed by atoms with van der Waals surface area (Å²) in [5.41, 5.74) is 2.67. The number of rotatable bonds is 2. The van der Waals surface area contributed by atoms with Crippen LogP contribution in [0.3, 0.4) is 0 Å². The van der Waals surface area contributed by atoms with Crippen LogP contribution in [0.25, 0.3) is 0 Å². The predicted octanol–water partition coefficient (Wildman–Crippen LogP) is 2.59. The summed E-state index contributed by atoms with van der Waals surface area (Å²) in [7, 11) is 0. The molecule has 0 N–H and O–H groups in total. The maximum absolute atomic E-state index is 12.8. The number of nitrogens with zero attached hydrogens (tertiary/aromatic N) is 4. The van der Waals surface area contributed by atoms with Crippen LogP contribution in [-0.4, -0.2) is 31.5 Å². The number of carbonyl (C=O) groups is 1. The largest absolute Gasteiger partial charge is 0.348 e. The van der Waals surface area contributed by atoms with Crippen molar-refractivity contribution in [2.45, 2.75) is 12.6 Å². The van der Waals surface area contributed by atoms with Gasteiger partial charge in [-0.15, -0.1) is 5.10 Å². The Morgan fingerprint density at radius 1 is 1.14 bits per heavy atom. The fourth-order valence-corrected chi connectivity index (χ4v) is 3.42. The smallest absolute Gasteiger partial charge is 0.276 e. The lowest BCUT2D eigenvalue weighted by molar-refractivity contribution is 0.0658. The number of carbonyl (C=O) groups excluding carboxylic acids is 1. The molecular formula is C16H14N4OS. The SMILES string of the molecule is O=C(c1csnn1)N1CCn2cccc2[C@H]1c1ccccc1. The van der Waals surface area contributed by atoms with Gasteiger partial charge in [0.2, 0.25) is 0 Å². The number of hydrogen-bond acceptors (Lipinski definition) is 4. The maximum atomic E-state index is 12.8. The molecule has 22 heavy (non-hydrogen) atoms. The van der Waals surface area contributed by atoms with Gasteiger partial charge in [-0.1, -0.05) is 34.8 Å². The molecule has 0 radical (unpaired) electrons. The average molecular weight is 310 g/mol. The monoisotopic (exact) mass is 310 g/mol. The van der Waals surface area contributed by atoms with Crippen LogP contribution in [0.1, 0.15) is 27.8 Å². The Labute approximate surface area is 132 Å². The fourth-order valence-electron chi connectivity index (χ4n) is 2.99. The highest BCUT2D eigenvalue weighted by atomic mass is 32.1. The molecule has 3 aromatic rings. The van der Waals surface area contributed by atoms with Crippen molar-refractivity contribution in [3.63, 3.8) is 0 Å². The van der Waals surface area contributed by atoms with E-state index in [4.69, 9.17) is 0 Å². The van der Waals surface area contributed by atoms with Crippen LogP contribution >= 0.6 is 11.5 Å². The molecule has 0 aliphatic carbocycles. The number of hydrogen-bond donors (Lipinski definition) is 0. The van der Waals surface area contributed by atoms with E-state index < -0.39 is 0 Å². The van der Waals surface area contributed by atoms with Crippen molar-refractivity contribution >= 4 is 17.4 Å². The minimum absolute atomic E-state index is 0.0601. The van der Waals surface area contributed by atoms with Gasteiger partial charge in [0.15, 0.2) is 5.69 Å². The Morgan fingerprint density at radius 2 is 2.00 bits per heavy atom.